The van der Waals surface area contributed by atoms with Gasteiger partial charge in [0.1, 0.15) is 0 Å². The second-order valence-corrected chi connectivity index (χ2v) is 5.00. The van der Waals surface area contributed by atoms with Crippen molar-refractivity contribution in [2.45, 2.75) is 63.8 Å². The third-order valence-electron chi connectivity index (χ3n) is 3.73. The molecule has 0 aromatic heterocycles. The van der Waals surface area contributed by atoms with E-state index in [0.29, 0.717) is 6.04 Å². The summed E-state index contributed by atoms with van der Waals surface area (Å²) < 4.78 is 0. The Kier molecular flexibility index (Phi) is 5.44. The van der Waals surface area contributed by atoms with E-state index in [2.05, 4.69) is 4.99 Å². The van der Waals surface area contributed by atoms with E-state index in [1.165, 1.54) is 51.4 Å². The van der Waals surface area contributed by atoms with E-state index in [1.54, 1.807) is 0 Å². The molecule has 2 nitrogen and oxygen atoms in total. The molecule has 0 radical (unpaired) electrons. The third-order valence-corrected chi connectivity index (χ3v) is 3.73. The second-order valence-electron chi connectivity index (χ2n) is 5.00. The fraction of sp³-hybridized carbons (Fsp3) is 0.917. The normalized spacial score (nSPS) is 28.0. The molecule has 1 unspecified atom stereocenters. The zero-order valence-corrected chi connectivity index (χ0v) is 10.2. The molecule has 0 saturated heterocycles. The maximum Gasteiger partial charge on any atom is 0.240 e. The van der Waals surface area contributed by atoms with Gasteiger partial charge in [-0.25, -0.2) is 0 Å². The van der Waals surface area contributed by atoms with Crippen LogP contribution in [0.2, 0.25) is 0 Å². The Balaban J connectivity index is 0.00000112. The summed E-state index contributed by atoms with van der Waals surface area (Å²) in [6.07, 6.45) is 12.3. The van der Waals surface area contributed by atoms with Crippen molar-refractivity contribution in [1.82, 2.24) is 0 Å². The standard InChI is InChI=1S/C12H22N2.ClH/c13-12-8-4-7-11(14-12)9-10-5-2-1-3-6-10;/h10-11H,1-9H2,(H2,13,14);1H. The van der Waals surface area contributed by atoms with E-state index < -0.39 is 0 Å². The highest BCUT2D eigenvalue weighted by Crippen LogP contribution is 2.27. The van der Waals surface area contributed by atoms with Gasteiger partial charge < -0.3 is 12.4 Å². The molecule has 0 amide bonds. The molecule has 3 heteroatoms. The number of halogens is 1. The summed E-state index contributed by atoms with van der Waals surface area (Å²) in [5, 5.41) is 0. The van der Waals surface area contributed by atoms with Crippen molar-refractivity contribution in [3.05, 3.63) is 0 Å². The van der Waals surface area contributed by atoms with Gasteiger partial charge in [0, 0.05) is 6.42 Å². The average molecular weight is 231 g/mol. The molecule has 88 valence electrons. The van der Waals surface area contributed by atoms with Crippen molar-refractivity contribution in [2.24, 2.45) is 11.7 Å². The van der Waals surface area contributed by atoms with Crippen LogP contribution in [-0.4, -0.2) is 11.9 Å². The number of hydrogen-bond acceptors (Lipinski definition) is 1. The first-order valence-electron chi connectivity index (χ1n) is 6.22. The lowest BCUT2D eigenvalue weighted by atomic mass is 9.83. The summed E-state index contributed by atoms with van der Waals surface area (Å²) in [5.41, 5.74) is 5.84. The molecule has 1 aliphatic heterocycles. The molecule has 15 heavy (non-hydrogen) atoms. The average Bonchev–Trinajstić information content (AvgIpc) is 2.19. The highest BCUT2D eigenvalue weighted by Gasteiger charge is 2.22. The molecule has 0 bridgehead atoms. The van der Waals surface area contributed by atoms with Crippen LogP contribution in [0.4, 0.5) is 0 Å². The molecular weight excluding hydrogens is 208 g/mol. The molecule has 1 heterocycles. The number of hydrogen-bond donors (Lipinski definition) is 2. The lowest BCUT2D eigenvalue weighted by Crippen LogP contribution is -3.00. The van der Waals surface area contributed by atoms with Gasteiger partial charge in [0.15, 0.2) is 0 Å². The Hall–Kier alpha value is -0.240. The molecule has 2 aliphatic rings. The van der Waals surface area contributed by atoms with Gasteiger partial charge in [-0.3, -0.25) is 10.7 Å². The van der Waals surface area contributed by atoms with Crippen LogP contribution < -0.4 is 23.1 Å². The topological polar surface area (TPSA) is 40.0 Å². The first-order chi connectivity index (χ1) is 6.84. The fourth-order valence-electron chi connectivity index (χ4n) is 2.95. The minimum atomic E-state index is 0. The molecule has 1 fully saturated rings. The minimum absolute atomic E-state index is 0. The van der Waals surface area contributed by atoms with Gasteiger partial charge in [0.05, 0.1) is 6.04 Å². The van der Waals surface area contributed by atoms with Crippen LogP contribution in [0.3, 0.4) is 0 Å². The summed E-state index contributed by atoms with van der Waals surface area (Å²) in [7, 11) is 0. The molecule has 1 saturated carbocycles. The smallest absolute Gasteiger partial charge is 0.240 e. The Morgan fingerprint density at radius 3 is 2.47 bits per heavy atom. The van der Waals surface area contributed by atoms with Crippen LogP contribution >= 0.6 is 0 Å². The van der Waals surface area contributed by atoms with Crippen LogP contribution in [0.25, 0.3) is 0 Å². The molecule has 0 spiro atoms. The number of rotatable bonds is 2. The van der Waals surface area contributed by atoms with Gasteiger partial charge in [-0.05, 0) is 25.2 Å². The first-order valence-corrected chi connectivity index (χ1v) is 6.22. The molecule has 2 rings (SSSR count). The predicted octanol–water partition coefficient (Wildman–Crippen LogP) is -2.05. The summed E-state index contributed by atoms with van der Waals surface area (Å²) >= 11 is 0. The zero-order chi connectivity index (χ0) is 9.80. The van der Waals surface area contributed by atoms with E-state index >= 15 is 0 Å². The molecule has 1 atom stereocenters. The monoisotopic (exact) mass is 230 g/mol. The van der Waals surface area contributed by atoms with Crippen molar-refractivity contribution in [3.63, 3.8) is 0 Å². The van der Waals surface area contributed by atoms with Crippen LogP contribution in [0.5, 0.6) is 0 Å². The summed E-state index contributed by atoms with van der Waals surface area (Å²) in [6.45, 7) is 0. The minimum Gasteiger partial charge on any atom is -1.00 e. The third kappa shape index (κ3) is 4.02. The van der Waals surface area contributed by atoms with Crippen molar-refractivity contribution >= 4 is 5.84 Å². The fourth-order valence-corrected chi connectivity index (χ4v) is 2.95. The summed E-state index contributed by atoms with van der Waals surface area (Å²) in [5.74, 6) is 2.00. The van der Waals surface area contributed by atoms with Gasteiger partial charge in [0.25, 0.3) is 0 Å². The highest BCUT2D eigenvalue weighted by atomic mass is 35.5. The van der Waals surface area contributed by atoms with Gasteiger partial charge >= 0.3 is 0 Å². The van der Waals surface area contributed by atoms with E-state index in [9.17, 15) is 0 Å². The van der Waals surface area contributed by atoms with Crippen LogP contribution in [0.15, 0.2) is 0 Å². The zero-order valence-electron chi connectivity index (χ0n) is 9.47. The van der Waals surface area contributed by atoms with Gasteiger partial charge in [-0.2, -0.15) is 0 Å². The summed E-state index contributed by atoms with van der Waals surface area (Å²) in [6, 6.07) is 0.687. The highest BCUT2D eigenvalue weighted by molar-refractivity contribution is 5.74. The maximum absolute atomic E-state index is 5.84. The Morgan fingerprint density at radius 2 is 1.80 bits per heavy atom. The molecule has 1 aliphatic carbocycles. The number of amidine groups is 1. The Morgan fingerprint density at radius 1 is 1.07 bits per heavy atom. The Labute approximate surface area is 99.1 Å². The molecule has 0 aromatic carbocycles. The van der Waals surface area contributed by atoms with Gasteiger partial charge in [-0.15, -0.1) is 0 Å². The van der Waals surface area contributed by atoms with Crippen LogP contribution in [0.1, 0.15) is 57.8 Å². The van der Waals surface area contributed by atoms with E-state index in [-0.39, 0.29) is 12.4 Å². The molecular formula is C12H23ClN2. The van der Waals surface area contributed by atoms with Crippen LogP contribution in [-0.2, 0) is 0 Å². The van der Waals surface area contributed by atoms with E-state index in [1.807, 2.05) is 0 Å². The molecule has 0 aromatic rings. The molecule has 3 N–H and O–H groups in total. The van der Waals surface area contributed by atoms with E-state index in [4.69, 9.17) is 5.73 Å². The lowest BCUT2D eigenvalue weighted by molar-refractivity contribution is -0.513. The Bertz CT molecular complexity index is 210. The SMILES string of the molecule is NC1=[NH+]C(CC2CCCCC2)CCC1.[Cl-]. The van der Waals surface area contributed by atoms with E-state index in [0.717, 1.165) is 18.2 Å². The quantitative estimate of drug-likeness (QED) is 0.564. The lowest BCUT2D eigenvalue weighted by Gasteiger charge is -2.25. The van der Waals surface area contributed by atoms with Crippen molar-refractivity contribution < 1.29 is 17.4 Å². The second kappa shape index (κ2) is 6.37. The van der Waals surface area contributed by atoms with Crippen LogP contribution in [0, 0.1) is 5.92 Å². The van der Waals surface area contributed by atoms with Crippen molar-refractivity contribution in [3.8, 4) is 0 Å². The number of nitrogens with one attached hydrogen (secondary N) is 1. The first kappa shape index (κ1) is 12.8. The maximum atomic E-state index is 5.84. The van der Waals surface area contributed by atoms with Crippen molar-refractivity contribution in [2.75, 3.05) is 0 Å². The van der Waals surface area contributed by atoms with Gasteiger partial charge in [0.2, 0.25) is 5.84 Å². The largest absolute Gasteiger partial charge is 1.00 e. The summed E-state index contributed by atoms with van der Waals surface area (Å²) in [4.78, 5) is 3.46. The van der Waals surface area contributed by atoms with Gasteiger partial charge in [-0.1, -0.05) is 32.1 Å². The predicted molar refractivity (Wildman–Crippen MR) is 59.0 cm³/mol. The number of nitrogens with two attached hydrogens (primary N) is 1. The van der Waals surface area contributed by atoms with Crippen molar-refractivity contribution in [1.29, 1.82) is 0 Å².